The molecule has 198 valence electrons. The first-order chi connectivity index (χ1) is 16.2. The minimum Gasteiger partial charge on any atom is -0.465 e. The zero-order valence-electron chi connectivity index (χ0n) is 23.7. The lowest BCUT2D eigenvalue weighted by Gasteiger charge is -2.73. The van der Waals surface area contributed by atoms with E-state index >= 15 is 0 Å². The lowest BCUT2D eigenvalue weighted by Crippen LogP contribution is -2.66. The highest BCUT2D eigenvalue weighted by molar-refractivity contribution is 5.65. The Hall–Kier alpha value is -0.830. The number of hydrogen-bond acceptors (Lipinski definition) is 3. The molecule has 10 atom stereocenters. The minimum absolute atomic E-state index is 0.00826. The van der Waals surface area contributed by atoms with Gasteiger partial charge in [-0.25, -0.2) is 0 Å². The van der Waals surface area contributed by atoms with E-state index < -0.39 is 0 Å². The Morgan fingerprint density at radius 2 is 1.57 bits per heavy atom. The molecule has 0 aromatic rings. The molecule has 8 unspecified atom stereocenters. The molecule has 0 amide bonds. The number of aliphatic hydroxyl groups is 1. The van der Waals surface area contributed by atoms with E-state index in [1.165, 1.54) is 63.4 Å². The van der Waals surface area contributed by atoms with E-state index in [-0.39, 0.29) is 22.9 Å². The predicted molar refractivity (Wildman–Crippen MR) is 142 cm³/mol. The van der Waals surface area contributed by atoms with Crippen LogP contribution in [0, 0.1) is 56.7 Å². The second-order valence-corrected chi connectivity index (χ2v) is 15.2. The largest absolute Gasteiger partial charge is 0.465 e. The summed E-state index contributed by atoms with van der Waals surface area (Å²) in [5.74, 6) is 3.04. The van der Waals surface area contributed by atoms with Crippen molar-refractivity contribution in [2.75, 3.05) is 6.61 Å². The molecule has 0 aliphatic heterocycles. The van der Waals surface area contributed by atoms with Crippen LogP contribution < -0.4 is 0 Å². The summed E-state index contributed by atoms with van der Waals surface area (Å²) in [7, 11) is 0. The molecule has 0 heterocycles. The maximum Gasteiger partial charge on any atom is 0.302 e. The minimum atomic E-state index is -0.164. The van der Waals surface area contributed by atoms with Gasteiger partial charge < -0.3 is 9.84 Å². The Kier molecular flexibility index (Phi) is 5.96. The molecular formula is C32H52O3. The molecule has 3 heteroatoms. The third-order valence-corrected chi connectivity index (χ3v) is 13.8. The Labute approximate surface area is 214 Å². The summed E-state index contributed by atoms with van der Waals surface area (Å²) in [5, 5.41) is 10.9. The average molecular weight is 485 g/mol. The quantitative estimate of drug-likeness (QED) is 0.332. The van der Waals surface area contributed by atoms with Crippen molar-refractivity contribution < 1.29 is 14.6 Å². The lowest BCUT2D eigenvalue weighted by molar-refractivity contribution is -0.249. The van der Waals surface area contributed by atoms with Crippen LogP contribution in [0.15, 0.2) is 12.2 Å². The van der Waals surface area contributed by atoms with Crippen LogP contribution in [0.25, 0.3) is 0 Å². The molecule has 0 aromatic heterocycles. The first kappa shape index (κ1) is 25.8. The van der Waals surface area contributed by atoms with E-state index in [2.05, 4.69) is 48.1 Å². The van der Waals surface area contributed by atoms with E-state index in [9.17, 15) is 9.90 Å². The van der Waals surface area contributed by atoms with Crippen LogP contribution in [0.1, 0.15) is 113 Å². The van der Waals surface area contributed by atoms with Crippen molar-refractivity contribution >= 4 is 5.97 Å². The molecule has 0 radical (unpaired) electrons. The summed E-state index contributed by atoms with van der Waals surface area (Å²) in [6, 6.07) is 0. The number of fused-ring (bicyclic) bond motifs is 7. The van der Waals surface area contributed by atoms with Gasteiger partial charge in [0, 0.05) is 12.3 Å². The van der Waals surface area contributed by atoms with Gasteiger partial charge in [-0.05, 0) is 122 Å². The second-order valence-electron chi connectivity index (χ2n) is 15.2. The first-order valence-electron chi connectivity index (χ1n) is 14.7. The summed E-state index contributed by atoms with van der Waals surface area (Å²) in [6.07, 6.45) is 12.0. The summed E-state index contributed by atoms with van der Waals surface area (Å²) in [6.45, 7) is 21.5. The fourth-order valence-electron chi connectivity index (χ4n) is 11.8. The number of carbonyl (C=O) groups is 1. The summed E-state index contributed by atoms with van der Waals surface area (Å²) >= 11 is 0. The number of ether oxygens (including phenoxy) is 1. The van der Waals surface area contributed by atoms with Crippen LogP contribution in [-0.2, 0) is 9.53 Å². The Morgan fingerprint density at radius 1 is 0.857 bits per heavy atom. The van der Waals surface area contributed by atoms with Crippen LogP contribution in [0.2, 0.25) is 0 Å². The predicted octanol–water partition coefficient (Wildman–Crippen LogP) is 7.57. The van der Waals surface area contributed by atoms with Gasteiger partial charge in [-0.3, -0.25) is 4.79 Å². The highest BCUT2D eigenvalue weighted by atomic mass is 16.5. The van der Waals surface area contributed by atoms with Crippen molar-refractivity contribution in [3.8, 4) is 0 Å². The molecule has 1 N–H and O–H groups in total. The summed E-state index contributed by atoms with van der Waals surface area (Å²) in [4.78, 5) is 11.9. The number of hydrogen-bond donors (Lipinski definition) is 1. The van der Waals surface area contributed by atoms with Crippen molar-refractivity contribution in [2.24, 2.45) is 56.7 Å². The van der Waals surface area contributed by atoms with Crippen molar-refractivity contribution in [1.82, 2.24) is 0 Å². The third-order valence-electron chi connectivity index (χ3n) is 13.8. The van der Waals surface area contributed by atoms with Crippen LogP contribution in [0.3, 0.4) is 0 Å². The number of aliphatic hydroxyl groups excluding tert-OH is 1. The van der Waals surface area contributed by atoms with Crippen molar-refractivity contribution in [3.05, 3.63) is 12.2 Å². The molecule has 0 bridgehead atoms. The normalized spacial score (nSPS) is 52.5. The van der Waals surface area contributed by atoms with E-state index in [1.54, 1.807) is 6.92 Å². The Balaban J connectivity index is 1.53. The lowest BCUT2D eigenvalue weighted by atomic mass is 9.32. The van der Waals surface area contributed by atoms with Gasteiger partial charge >= 0.3 is 5.97 Å². The van der Waals surface area contributed by atoms with Gasteiger partial charge in [-0.15, -0.1) is 0 Å². The topological polar surface area (TPSA) is 46.5 Å². The van der Waals surface area contributed by atoms with Crippen LogP contribution in [-0.4, -0.2) is 23.8 Å². The van der Waals surface area contributed by atoms with E-state index in [1.807, 2.05) is 0 Å². The fourth-order valence-corrected chi connectivity index (χ4v) is 11.8. The van der Waals surface area contributed by atoms with E-state index in [0.29, 0.717) is 46.5 Å². The van der Waals surface area contributed by atoms with Crippen LogP contribution >= 0.6 is 0 Å². The number of esters is 1. The van der Waals surface area contributed by atoms with Gasteiger partial charge in [0.25, 0.3) is 0 Å². The number of carbonyl (C=O) groups excluding carboxylic acids is 1. The SMILES string of the molecule is C=C(C)[C@@H]1CCC2(COC(C)=O)CC[C@]3(C)C(CCC4C5(C)CCC(O)C(C)(C)C5CCC43C)C12. The van der Waals surface area contributed by atoms with E-state index in [0.717, 1.165) is 12.3 Å². The molecule has 0 aromatic carbocycles. The van der Waals surface area contributed by atoms with Crippen molar-refractivity contribution in [2.45, 2.75) is 119 Å². The highest BCUT2D eigenvalue weighted by Crippen LogP contribution is 2.77. The standard InChI is InChI=1S/C32H52O3/c1-20(2)22-11-16-32(19-35-21(3)33)18-17-30(7)23(27(22)32)9-10-25-29(6)14-13-26(34)28(4,5)24(29)12-15-31(25,30)8/h22-27,34H,1,9-19H2,2-8H3/t22-,23?,24?,25?,26?,27?,29?,30+,31?,32?/m0/s1. The molecule has 5 fully saturated rings. The molecule has 0 spiro atoms. The van der Waals surface area contributed by atoms with Crippen molar-refractivity contribution in [1.29, 1.82) is 0 Å². The third kappa shape index (κ3) is 3.34. The fraction of sp³-hybridized carbons (Fsp3) is 0.906. The Bertz CT molecular complexity index is 891. The number of allylic oxidation sites excluding steroid dienone is 1. The Morgan fingerprint density at radius 3 is 2.23 bits per heavy atom. The molecular weight excluding hydrogens is 432 g/mol. The highest BCUT2D eigenvalue weighted by Gasteiger charge is 2.70. The van der Waals surface area contributed by atoms with E-state index in [4.69, 9.17) is 4.74 Å². The zero-order valence-corrected chi connectivity index (χ0v) is 23.7. The monoisotopic (exact) mass is 484 g/mol. The summed E-state index contributed by atoms with van der Waals surface area (Å²) in [5.41, 5.74) is 2.45. The van der Waals surface area contributed by atoms with Gasteiger partial charge in [0.05, 0.1) is 12.7 Å². The van der Waals surface area contributed by atoms with Gasteiger partial charge in [-0.1, -0.05) is 46.8 Å². The molecule has 5 aliphatic rings. The molecule has 5 aliphatic carbocycles. The molecule has 3 nitrogen and oxygen atoms in total. The maximum absolute atomic E-state index is 11.9. The van der Waals surface area contributed by atoms with Gasteiger partial charge in [0.2, 0.25) is 0 Å². The van der Waals surface area contributed by atoms with Gasteiger partial charge in [0.15, 0.2) is 0 Å². The molecule has 5 saturated carbocycles. The van der Waals surface area contributed by atoms with Gasteiger partial charge in [0.1, 0.15) is 0 Å². The number of rotatable bonds is 3. The molecule has 5 rings (SSSR count). The summed E-state index contributed by atoms with van der Waals surface area (Å²) < 4.78 is 5.79. The van der Waals surface area contributed by atoms with Crippen LogP contribution in [0.4, 0.5) is 0 Å². The molecule has 0 saturated heterocycles. The smallest absolute Gasteiger partial charge is 0.302 e. The molecule has 35 heavy (non-hydrogen) atoms. The first-order valence-corrected chi connectivity index (χ1v) is 14.7. The second kappa shape index (κ2) is 8.08. The van der Waals surface area contributed by atoms with Gasteiger partial charge in [-0.2, -0.15) is 0 Å². The zero-order chi connectivity index (χ0) is 25.6. The average Bonchev–Trinajstić information content (AvgIpc) is 3.16. The van der Waals surface area contributed by atoms with Crippen LogP contribution in [0.5, 0.6) is 0 Å². The van der Waals surface area contributed by atoms with Crippen molar-refractivity contribution in [3.63, 3.8) is 0 Å². The maximum atomic E-state index is 11.9.